The second-order valence-electron chi connectivity index (χ2n) is 8.15. The molecular formula is C25H28O5. The number of allylic oxidation sites excluding steroid dienone is 4. The van der Waals surface area contributed by atoms with Crippen LogP contribution in [-0.2, 0) is 12.8 Å². The van der Waals surface area contributed by atoms with Crippen LogP contribution < -0.4 is 4.74 Å². The van der Waals surface area contributed by atoms with Crippen LogP contribution in [0, 0.1) is 0 Å². The highest BCUT2D eigenvalue weighted by Gasteiger charge is 2.38. The maximum atomic E-state index is 12.9. The second-order valence-corrected chi connectivity index (χ2v) is 8.15. The number of phenols is 2. The molecule has 5 heteroatoms. The number of aliphatic hydroxyl groups excluding tert-OH is 1. The molecule has 0 aliphatic carbocycles. The van der Waals surface area contributed by atoms with Gasteiger partial charge in [0.25, 0.3) is 0 Å². The standard InChI is InChI=1S/C25H28O5/c1-14(2)5-7-16-13-17(8-11-20(16)26)24-23(29)22(28)19-10-12-21(27)18(25(19)30-24)9-6-15(3)4/h5-6,8,10-13,23-24,26-27,29H,7,9H2,1-4H3. The molecule has 0 radical (unpaired) electrons. The van der Waals surface area contributed by atoms with E-state index in [9.17, 15) is 20.1 Å². The van der Waals surface area contributed by atoms with Crippen molar-refractivity contribution in [3.8, 4) is 17.2 Å². The fraction of sp³-hybridized carbons (Fsp3) is 0.320. The Balaban J connectivity index is 2.04. The lowest BCUT2D eigenvalue weighted by Crippen LogP contribution is -2.36. The van der Waals surface area contributed by atoms with E-state index in [1.807, 2.05) is 39.8 Å². The number of phenolic OH excluding ortho intramolecular Hbond substituents is 2. The quantitative estimate of drug-likeness (QED) is 0.619. The van der Waals surface area contributed by atoms with Gasteiger partial charge in [-0.15, -0.1) is 0 Å². The zero-order valence-corrected chi connectivity index (χ0v) is 17.8. The van der Waals surface area contributed by atoms with Gasteiger partial charge in [0.05, 0.1) is 5.56 Å². The summed E-state index contributed by atoms with van der Waals surface area (Å²) in [6.07, 6.45) is 2.58. The summed E-state index contributed by atoms with van der Waals surface area (Å²) in [6, 6.07) is 7.88. The van der Waals surface area contributed by atoms with Crippen LogP contribution in [0.3, 0.4) is 0 Å². The minimum absolute atomic E-state index is 0.0455. The van der Waals surface area contributed by atoms with E-state index in [0.29, 0.717) is 35.3 Å². The first-order chi connectivity index (χ1) is 14.2. The van der Waals surface area contributed by atoms with Gasteiger partial charge in [-0.2, -0.15) is 0 Å². The van der Waals surface area contributed by atoms with Gasteiger partial charge in [-0.3, -0.25) is 4.79 Å². The van der Waals surface area contributed by atoms with Crippen LogP contribution in [0.1, 0.15) is 60.8 Å². The molecule has 5 nitrogen and oxygen atoms in total. The summed E-state index contributed by atoms with van der Waals surface area (Å²) in [5, 5.41) is 31.2. The molecule has 0 saturated heterocycles. The van der Waals surface area contributed by atoms with Crippen molar-refractivity contribution in [1.29, 1.82) is 0 Å². The average molecular weight is 408 g/mol. The predicted octanol–water partition coefficient (Wildman–Crippen LogP) is 4.79. The molecule has 2 atom stereocenters. The third-order valence-corrected chi connectivity index (χ3v) is 5.18. The number of hydrogen-bond acceptors (Lipinski definition) is 5. The topological polar surface area (TPSA) is 87.0 Å². The van der Waals surface area contributed by atoms with E-state index in [1.54, 1.807) is 18.2 Å². The molecule has 0 bridgehead atoms. The van der Waals surface area contributed by atoms with E-state index in [2.05, 4.69) is 0 Å². The third kappa shape index (κ3) is 4.41. The molecule has 3 rings (SSSR count). The van der Waals surface area contributed by atoms with Crippen LogP contribution >= 0.6 is 0 Å². The lowest BCUT2D eigenvalue weighted by Gasteiger charge is -2.31. The van der Waals surface area contributed by atoms with E-state index < -0.39 is 18.0 Å². The van der Waals surface area contributed by atoms with Gasteiger partial charge in [-0.1, -0.05) is 29.4 Å². The molecule has 2 aromatic rings. The van der Waals surface area contributed by atoms with E-state index in [4.69, 9.17) is 4.74 Å². The average Bonchev–Trinajstić information content (AvgIpc) is 2.69. The summed E-state index contributed by atoms with van der Waals surface area (Å²) >= 11 is 0. The number of aliphatic hydroxyl groups is 1. The van der Waals surface area contributed by atoms with E-state index in [1.165, 1.54) is 12.1 Å². The fourth-order valence-corrected chi connectivity index (χ4v) is 3.45. The van der Waals surface area contributed by atoms with Crippen molar-refractivity contribution in [3.05, 3.63) is 75.9 Å². The number of ketones is 1. The van der Waals surface area contributed by atoms with Crippen molar-refractivity contribution >= 4 is 5.78 Å². The summed E-state index contributed by atoms with van der Waals surface area (Å²) in [5.41, 5.74) is 4.25. The molecule has 0 aromatic heterocycles. The van der Waals surface area contributed by atoms with Gasteiger partial charge in [0.1, 0.15) is 17.2 Å². The largest absolute Gasteiger partial charge is 0.508 e. The van der Waals surface area contributed by atoms with Gasteiger partial charge in [0.15, 0.2) is 18.0 Å². The summed E-state index contributed by atoms with van der Waals surface area (Å²) in [7, 11) is 0. The maximum Gasteiger partial charge on any atom is 0.199 e. The maximum absolute atomic E-state index is 12.9. The van der Waals surface area contributed by atoms with Gasteiger partial charge in [0, 0.05) is 5.56 Å². The number of fused-ring (bicyclic) bond motifs is 1. The van der Waals surface area contributed by atoms with Crippen LogP contribution in [0.15, 0.2) is 53.6 Å². The van der Waals surface area contributed by atoms with Gasteiger partial charge >= 0.3 is 0 Å². The number of carbonyl (C=O) groups is 1. The highest BCUT2D eigenvalue weighted by Crippen LogP contribution is 2.42. The number of ether oxygens (including phenoxy) is 1. The molecule has 30 heavy (non-hydrogen) atoms. The molecule has 2 unspecified atom stereocenters. The summed E-state index contributed by atoms with van der Waals surface area (Å²) < 4.78 is 6.11. The number of carbonyl (C=O) groups excluding carboxylic acids is 1. The van der Waals surface area contributed by atoms with Crippen molar-refractivity contribution in [1.82, 2.24) is 0 Å². The Hall–Kier alpha value is -3.05. The molecule has 0 saturated carbocycles. The van der Waals surface area contributed by atoms with Crippen molar-refractivity contribution < 1.29 is 24.9 Å². The number of rotatable bonds is 5. The van der Waals surface area contributed by atoms with E-state index in [-0.39, 0.29) is 17.1 Å². The number of benzene rings is 2. The van der Waals surface area contributed by atoms with Crippen LogP contribution in [0.25, 0.3) is 0 Å². The van der Waals surface area contributed by atoms with Crippen LogP contribution in [0.2, 0.25) is 0 Å². The second kappa shape index (κ2) is 8.76. The van der Waals surface area contributed by atoms with Crippen molar-refractivity contribution in [3.63, 3.8) is 0 Å². The molecule has 0 amide bonds. The molecule has 0 spiro atoms. The fourth-order valence-electron chi connectivity index (χ4n) is 3.45. The number of Topliss-reactive ketones (excluding diaryl/α,β-unsaturated/α-hetero) is 1. The Morgan fingerprint density at radius 1 is 0.967 bits per heavy atom. The smallest absolute Gasteiger partial charge is 0.199 e. The predicted molar refractivity (Wildman–Crippen MR) is 116 cm³/mol. The SMILES string of the molecule is CC(C)=CCc1cc(C2Oc3c(ccc(O)c3CC=C(C)C)C(=O)C2O)ccc1O. The normalized spacial score (nSPS) is 17.7. The first-order valence-corrected chi connectivity index (χ1v) is 10.0. The van der Waals surface area contributed by atoms with Gasteiger partial charge in [-0.05, 0) is 75.9 Å². The van der Waals surface area contributed by atoms with Crippen LogP contribution in [0.4, 0.5) is 0 Å². The Kier molecular flexibility index (Phi) is 6.32. The Morgan fingerprint density at radius 2 is 1.60 bits per heavy atom. The lowest BCUT2D eigenvalue weighted by molar-refractivity contribution is 0.0211. The molecule has 3 N–H and O–H groups in total. The first kappa shape index (κ1) is 21.7. The molecule has 1 aliphatic rings. The highest BCUT2D eigenvalue weighted by atomic mass is 16.5. The molecule has 2 aromatic carbocycles. The Morgan fingerprint density at radius 3 is 2.27 bits per heavy atom. The summed E-state index contributed by atoms with van der Waals surface area (Å²) in [6.45, 7) is 7.86. The first-order valence-electron chi connectivity index (χ1n) is 10.0. The lowest BCUT2D eigenvalue weighted by atomic mass is 9.90. The zero-order chi connectivity index (χ0) is 22.0. The molecule has 1 aliphatic heterocycles. The molecular weight excluding hydrogens is 380 g/mol. The number of hydrogen-bond donors (Lipinski definition) is 3. The van der Waals surface area contributed by atoms with Crippen molar-refractivity contribution in [2.24, 2.45) is 0 Å². The molecule has 158 valence electrons. The molecule has 0 fully saturated rings. The van der Waals surface area contributed by atoms with Crippen LogP contribution in [-0.4, -0.2) is 27.2 Å². The zero-order valence-electron chi connectivity index (χ0n) is 17.8. The third-order valence-electron chi connectivity index (χ3n) is 5.18. The van der Waals surface area contributed by atoms with E-state index >= 15 is 0 Å². The Labute approximate surface area is 177 Å². The van der Waals surface area contributed by atoms with Gasteiger partial charge in [0.2, 0.25) is 0 Å². The van der Waals surface area contributed by atoms with Crippen molar-refractivity contribution in [2.75, 3.05) is 0 Å². The number of aromatic hydroxyl groups is 2. The van der Waals surface area contributed by atoms with Crippen LogP contribution in [0.5, 0.6) is 17.2 Å². The van der Waals surface area contributed by atoms with Gasteiger partial charge in [-0.25, -0.2) is 0 Å². The molecule has 1 heterocycles. The minimum atomic E-state index is -1.38. The van der Waals surface area contributed by atoms with Gasteiger partial charge < -0.3 is 20.1 Å². The Bertz CT molecular complexity index is 1020. The minimum Gasteiger partial charge on any atom is -0.508 e. The van der Waals surface area contributed by atoms with Crippen molar-refractivity contribution in [2.45, 2.75) is 52.7 Å². The van der Waals surface area contributed by atoms with E-state index in [0.717, 1.165) is 11.1 Å². The highest BCUT2D eigenvalue weighted by molar-refractivity contribution is 6.03. The summed E-state index contributed by atoms with van der Waals surface area (Å²) in [4.78, 5) is 12.9. The summed E-state index contributed by atoms with van der Waals surface area (Å²) in [5.74, 6) is 0.0460. The monoisotopic (exact) mass is 408 g/mol.